The fourth-order valence-electron chi connectivity index (χ4n) is 2.10. The summed E-state index contributed by atoms with van der Waals surface area (Å²) in [4.78, 5) is 0.294. The Morgan fingerprint density at radius 1 is 1.42 bits per heavy atom. The average molecular weight is 304 g/mol. The van der Waals surface area contributed by atoms with Crippen molar-refractivity contribution in [2.45, 2.75) is 18.4 Å². The molecule has 19 heavy (non-hydrogen) atoms. The van der Waals surface area contributed by atoms with Gasteiger partial charge in [0.1, 0.15) is 0 Å². The van der Waals surface area contributed by atoms with Crippen LogP contribution in [0.1, 0.15) is 12.5 Å². The minimum absolute atomic E-state index is 0.145. The minimum atomic E-state index is -3.26. The molecular weight excluding hydrogens is 286 g/mol. The summed E-state index contributed by atoms with van der Waals surface area (Å²) in [7, 11) is -3.26. The van der Waals surface area contributed by atoms with Crippen molar-refractivity contribution in [3.63, 3.8) is 0 Å². The van der Waals surface area contributed by atoms with Gasteiger partial charge in [-0.25, -0.2) is 8.42 Å². The summed E-state index contributed by atoms with van der Waals surface area (Å²) < 4.78 is 28.6. The molecule has 1 aliphatic rings. The number of hydrogen-bond acceptors (Lipinski definition) is 4. The number of ether oxygens (including phenoxy) is 1. The van der Waals surface area contributed by atoms with Crippen LogP contribution in [0.15, 0.2) is 23.1 Å². The molecule has 2 rings (SSSR count). The summed E-state index contributed by atoms with van der Waals surface area (Å²) in [6, 6.07) is 4.96. The van der Waals surface area contributed by atoms with Crippen LogP contribution in [0.25, 0.3) is 0 Å². The highest BCUT2D eigenvalue weighted by Crippen LogP contribution is 2.27. The summed E-state index contributed by atoms with van der Waals surface area (Å²) in [6.07, 6.45) is 1.20. The number of nitrogens with one attached hydrogen (secondary N) is 1. The third-order valence-corrected chi connectivity index (χ3v) is 4.77. The minimum Gasteiger partial charge on any atom is -0.380 e. The summed E-state index contributed by atoms with van der Waals surface area (Å²) in [5.74, 6) is 0. The van der Waals surface area contributed by atoms with Crippen molar-refractivity contribution in [3.05, 3.63) is 28.8 Å². The summed E-state index contributed by atoms with van der Waals surface area (Å²) in [5.41, 5.74) is 0.780. The fraction of sp³-hybridized carbons (Fsp3) is 0.538. The number of halogens is 1. The first kappa shape index (κ1) is 14.8. The van der Waals surface area contributed by atoms with E-state index in [1.54, 1.807) is 18.2 Å². The number of sulfone groups is 1. The summed E-state index contributed by atoms with van der Waals surface area (Å²) in [5, 5.41) is 3.75. The molecule has 1 saturated heterocycles. The van der Waals surface area contributed by atoms with Crippen LogP contribution >= 0.6 is 11.6 Å². The normalized spacial score (nSPS) is 18.1. The van der Waals surface area contributed by atoms with Gasteiger partial charge in [-0.15, -0.1) is 0 Å². The van der Waals surface area contributed by atoms with E-state index in [2.05, 4.69) is 12.2 Å². The lowest BCUT2D eigenvalue weighted by atomic mass is 9.89. The summed E-state index contributed by atoms with van der Waals surface area (Å²) >= 11 is 6.10. The lowest BCUT2D eigenvalue weighted by molar-refractivity contribution is -0.0991. The Bertz CT molecular complexity index is 567. The highest BCUT2D eigenvalue weighted by molar-refractivity contribution is 7.90. The van der Waals surface area contributed by atoms with Gasteiger partial charge < -0.3 is 10.1 Å². The molecule has 1 N–H and O–H groups in total. The van der Waals surface area contributed by atoms with Gasteiger partial charge in [-0.1, -0.05) is 24.6 Å². The highest BCUT2D eigenvalue weighted by atomic mass is 35.5. The van der Waals surface area contributed by atoms with E-state index in [4.69, 9.17) is 16.3 Å². The second-order valence-electron chi connectivity index (χ2n) is 5.40. The molecule has 1 aliphatic heterocycles. The zero-order chi connectivity index (χ0) is 14.1. The lowest BCUT2D eigenvalue weighted by Crippen LogP contribution is -2.47. The van der Waals surface area contributed by atoms with Crippen LogP contribution in [0.5, 0.6) is 0 Å². The monoisotopic (exact) mass is 303 g/mol. The van der Waals surface area contributed by atoms with E-state index < -0.39 is 9.84 Å². The van der Waals surface area contributed by atoms with Crippen molar-refractivity contribution in [1.82, 2.24) is 5.32 Å². The SMILES string of the molecule is CC1(CNCc2c(Cl)cccc2S(C)(=O)=O)COC1. The third-order valence-electron chi connectivity index (χ3n) is 3.23. The predicted octanol–water partition coefficient (Wildman–Crippen LogP) is 1.87. The second kappa shape index (κ2) is 5.40. The van der Waals surface area contributed by atoms with Crippen molar-refractivity contribution in [2.24, 2.45) is 5.41 Å². The van der Waals surface area contributed by atoms with E-state index in [9.17, 15) is 8.42 Å². The molecule has 0 amide bonds. The van der Waals surface area contributed by atoms with Crippen LogP contribution in [0.2, 0.25) is 5.02 Å². The number of rotatable bonds is 5. The molecule has 0 aliphatic carbocycles. The van der Waals surface area contributed by atoms with E-state index in [0.29, 0.717) is 22.0 Å². The first-order valence-electron chi connectivity index (χ1n) is 6.08. The second-order valence-corrected chi connectivity index (χ2v) is 7.79. The largest absolute Gasteiger partial charge is 0.380 e. The van der Waals surface area contributed by atoms with Gasteiger partial charge in [-0.2, -0.15) is 0 Å². The zero-order valence-corrected chi connectivity index (χ0v) is 12.6. The summed E-state index contributed by atoms with van der Waals surface area (Å²) in [6.45, 7) is 4.83. The van der Waals surface area contributed by atoms with Gasteiger partial charge in [0.2, 0.25) is 0 Å². The molecule has 0 aromatic heterocycles. The first-order chi connectivity index (χ1) is 8.82. The fourth-order valence-corrected chi connectivity index (χ4v) is 3.35. The Hall–Kier alpha value is -0.620. The maximum absolute atomic E-state index is 11.7. The predicted molar refractivity (Wildman–Crippen MR) is 75.2 cm³/mol. The van der Waals surface area contributed by atoms with Crippen molar-refractivity contribution < 1.29 is 13.2 Å². The molecule has 6 heteroatoms. The van der Waals surface area contributed by atoms with Crippen LogP contribution in [-0.2, 0) is 21.1 Å². The maximum atomic E-state index is 11.7. The number of benzene rings is 1. The molecule has 0 saturated carbocycles. The van der Waals surface area contributed by atoms with Gasteiger partial charge in [0.25, 0.3) is 0 Å². The molecule has 0 radical (unpaired) electrons. The van der Waals surface area contributed by atoms with Gasteiger partial charge in [0.15, 0.2) is 9.84 Å². The standard InChI is InChI=1S/C13H18ClNO3S/c1-13(8-18-9-13)7-15-6-10-11(14)4-3-5-12(10)19(2,16)17/h3-5,15H,6-9H2,1-2H3. The van der Waals surface area contributed by atoms with E-state index >= 15 is 0 Å². The molecule has 0 bridgehead atoms. The van der Waals surface area contributed by atoms with Gasteiger partial charge in [-0.3, -0.25) is 0 Å². The third kappa shape index (κ3) is 3.48. The Kier molecular flexibility index (Phi) is 4.20. The van der Waals surface area contributed by atoms with Crippen LogP contribution in [-0.4, -0.2) is 34.4 Å². The van der Waals surface area contributed by atoms with Crippen molar-refractivity contribution in [1.29, 1.82) is 0 Å². The Morgan fingerprint density at radius 2 is 2.11 bits per heavy atom. The molecule has 1 heterocycles. The van der Waals surface area contributed by atoms with Crippen molar-refractivity contribution >= 4 is 21.4 Å². The van der Waals surface area contributed by atoms with Crippen LogP contribution in [0.3, 0.4) is 0 Å². The van der Waals surface area contributed by atoms with E-state index in [-0.39, 0.29) is 5.41 Å². The van der Waals surface area contributed by atoms with Gasteiger partial charge >= 0.3 is 0 Å². The molecule has 0 unspecified atom stereocenters. The van der Waals surface area contributed by atoms with Gasteiger partial charge in [-0.05, 0) is 12.1 Å². The molecule has 1 aromatic carbocycles. The molecule has 1 fully saturated rings. The molecule has 0 atom stereocenters. The Labute approximate surface area is 119 Å². The van der Waals surface area contributed by atoms with Crippen LogP contribution < -0.4 is 5.32 Å². The maximum Gasteiger partial charge on any atom is 0.175 e. The highest BCUT2D eigenvalue weighted by Gasteiger charge is 2.32. The van der Waals surface area contributed by atoms with Crippen LogP contribution in [0, 0.1) is 5.41 Å². The zero-order valence-electron chi connectivity index (χ0n) is 11.1. The first-order valence-corrected chi connectivity index (χ1v) is 8.35. The van der Waals surface area contributed by atoms with Crippen molar-refractivity contribution in [3.8, 4) is 0 Å². The molecule has 1 aromatic rings. The van der Waals surface area contributed by atoms with Crippen LogP contribution in [0.4, 0.5) is 0 Å². The average Bonchev–Trinajstić information content (AvgIpc) is 2.27. The number of hydrogen-bond donors (Lipinski definition) is 1. The van der Waals surface area contributed by atoms with E-state index in [0.717, 1.165) is 19.8 Å². The molecular formula is C13H18ClNO3S. The van der Waals surface area contributed by atoms with E-state index in [1.807, 2.05) is 0 Å². The van der Waals surface area contributed by atoms with Gasteiger partial charge in [0, 0.05) is 35.3 Å². The Balaban J connectivity index is 2.11. The smallest absolute Gasteiger partial charge is 0.175 e. The quantitative estimate of drug-likeness (QED) is 0.902. The van der Waals surface area contributed by atoms with Crippen molar-refractivity contribution in [2.75, 3.05) is 26.0 Å². The topological polar surface area (TPSA) is 55.4 Å². The van der Waals surface area contributed by atoms with E-state index in [1.165, 1.54) is 6.26 Å². The Morgan fingerprint density at radius 3 is 2.63 bits per heavy atom. The molecule has 106 valence electrons. The molecule has 4 nitrogen and oxygen atoms in total. The lowest BCUT2D eigenvalue weighted by Gasteiger charge is -2.38. The van der Waals surface area contributed by atoms with Gasteiger partial charge in [0.05, 0.1) is 18.1 Å². The molecule has 0 spiro atoms.